The number of methoxy groups -OCH3 is 1. The first-order chi connectivity index (χ1) is 9.22. The first-order valence-electron chi connectivity index (χ1n) is 6.84. The Hall–Kier alpha value is -0.460. The molecule has 1 heterocycles. The number of hydrogen-bond acceptors (Lipinski definition) is 5. The maximum absolute atomic E-state index is 11.6. The minimum Gasteiger partial charge on any atom is -0.468 e. The van der Waals surface area contributed by atoms with Gasteiger partial charge in [-0.15, -0.1) is 24.2 Å². The number of thioether (sulfide) groups is 1. The Morgan fingerprint density at radius 2 is 2.05 bits per heavy atom. The molecule has 1 amide bonds. The van der Waals surface area contributed by atoms with E-state index in [0.717, 1.165) is 25.3 Å². The van der Waals surface area contributed by atoms with Crippen molar-refractivity contribution in [3.63, 3.8) is 0 Å². The number of esters is 1. The van der Waals surface area contributed by atoms with Crippen molar-refractivity contribution in [2.75, 3.05) is 38.2 Å². The molecule has 118 valence electrons. The summed E-state index contributed by atoms with van der Waals surface area (Å²) in [6.07, 6.45) is 3.97. The number of rotatable bonds is 8. The van der Waals surface area contributed by atoms with E-state index in [-0.39, 0.29) is 24.3 Å². The van der Waals surface area contributed by atoms with E-state index in [0.29, 0.717) is 24.6 Å². The smallest absolute Gasteiger partial charge is 0.315 e. The van der Waals surface area contributed by atoms with Crippen LogP contribution < -0.4 is 10.6 Å². The lowest BCUT2D eigenvalue weighted by atomic mass is 9.93. The second-order valence-electron chi connectivity index (χ2n) is 4.71. The molecule has 1 saturated heterocycles. The topological polar surface area (TPSA) is 67.4 Å². The number of nitrogens with one attached hydrogen (secondary N) is 2. The van der Waals surface area contributed by atoms with Gasteiger partial charge < -0.3 is 15.4 Å². The van der Waals surface area contributed by atoms with Crippen LogP contribution in [-0.4, -0.2) is 50.1 Å². The van der Waals surface area contributed by atoms with Gasteiger partial charge in [-0.05, 0) is 38.3 Å². The van der Waals surface area contributed by atoms with Gasteiger partial charge in [-0.3, -0.25) is 9.59 Å². The largest absolute Gasteiger partial charge is 0.468 e. The lowest BCUT2D eigenvalue weighted by Gasteiger charge is -2.22. The molecule has 20 heavy (non-hydrogen) atoms. The summed E-state index contributed by atoms with van der Waals surface area (Å²) >= 11 is 1.48. The summed E-state index contributed by atoms with van der Waals surface area (Å²) in [4.78, 5) is 22.5. The number of carbonyl (C=O) groups excluding carboxylic acids is 2. The van der Waals surface area contributed by atoms with E-state index in [9.17, 15) is 9.59 Å². The average Bonchev–Trinajstić information content (AvgIpc) is 2.45. The first kappa shape index (κ1) is 19.5. The molecule has 2 N–H and O–H groups in total. The fourth-order valence-corrected chi connectivity index (χ4v) is 2.75. The summed E-state index contributed by atoms with van der Waals surface area (Å²) in [5.74, 6) is 1.69. The van der Waals surface area contributed by atoms with Crippen molar-refractivity contribution in [1.82, 2.24) is 10.6 Å². The Kier molecular flexibility index (Phi) is 12.0. The Bertz CT molecular complexity index is 287. The number of amides is 1. The quantitative estimate of drug-likeness (QED) is 0.519. The summed E-state index contributed by atoms with van der Waals surface area (Å²) in [5, 5.41) is 6.21. The van der Waals surface area contributed by atoms with Gasteiger partial charge in [0.25, 0.3) is 0 Å². The predicted octanol–water partition coefficient (Wildman–Crippen LogP) is 1.21. The van der Waals surface area contributed by atoms with Crippen molar-refractivity contribution in [2.24, 2.45) is 5.92 Å². The maximum atomic E-state index is 11.6. The maximum Gasteiger partial charge on any atom is 0.315 e. The number of halogens is 1. The van der Waals surface area contributed by atoms with E-state index in [4.69, 9.17) is 0 Å². The molecule has 0 bridgehead atoms. The van der Waals surface area contributed by atoms with E-state index in [1.807, 2.05) is 0 Å². The third-order valence-electron chi connectivity index (χ3n) is 3.25. The van der Waals surface area contributed by atoms with Crippen molar-refractivity contribution in [3.05, 3.63) is 0 Å². The molecule has 0 saturated carbocycles. The molecule has 0 aromatic rings. The van der Waals surface area contributed by atoms with Gasteiger partial charge in [0.2, 0.25) is 5.91 Å². The van der Waals surface area contributed by atoms with Crippen LogP contribution in [0.15, 0.2) is 0 Å². The van der Waals surface area contributed by atoms with Gasteiger partial charge in [0.1, 0.15) is 0 Å². The van der Waals surface area contributed by atoms with Gasteiger partial charge in [-0.25, -0.2) is 0 Å². The lowest BCUT2D eigenvalue weighted by Crippen LogP contribution is -2.30. The lowest BCUT2D eigenvalue weighted by molar-refractivity contribution is -0.137. The predicted molar refractivity (Wildman–Crippen MR) is 84.4 cm³/mol. The molecule has 0 aromatic heterocycles. The molecule has 0 aromatic carbocycles. The van der Waals surface area contributed by atoms with E-state index in [2.05, 4.69) is 15.4 Å². The van der Waals surface area contributed by atoms with Gasteiger partial charge in [0.15, 0.2) is 0 Å². The third kappa shape index (κ3) is 9.44. The van der Waals surface area contributed by atoms with Crippen LogP contribution >= 0.6 is 24.2 Å². The summed E-state index contributed by atoms with van der Waals surface area (Å²) in [7, 11) is 1.38. The molecule has 0 aliphatic carbocycles. The molecule has 0 radical (unpaired) electrons. The van der Waals surface area contributed by atoms with Crippen molar-refractivity contribution < 1.29 is 14.3 Å². The molecular weight excluding hydrogens is 300 g/mol. The summed E-state index contributed by atoms with van der Waals surface area (Å²) in [6, 6.07) is 0. The highest BCUT2D eigenvalue weighted by molar-refractivity contribution is 7.99. The Morgan fingerprint density at radius 3 is 2.70 bits per heavy atom. The summed E-state index contributed by atoms with van der Waals surface area (Å²) in [5.41, 5.74) is 0. The molecule has 0 unspecified atom stereocenters. The third-order valence-corrected chi connectivity index (χ3v) is 4.19. The van der Waals surface area contributed by atoms with E-state index < -0.39 is 0 Å². The SMILES string of the molecule is COC(=O)CSCCNC(=O)CCC1CCNCC1.Cl. The molecule has 5 nitrogen and oxygen atoms in total. The second-order valence-corrected chi connectivity index (χ2v) is 5.82. The van der Waals surface area contributed by atoms with Gasteiger partial charge in [-0.2, -0.15) is 0 Å². The van der Waals surface area contributed by atoms with E-state index in [1.54, 1.807) is 0 Å². The van der Waals surface area contributed by atoms with Gasteiger partial charge in [0.05, 0.1) is 12.9 Å². The molecule has 1 fully saturated rings. The van der Waals surface area contributed by atoms with Crippen LogP contribution in [0, 0.1) is 5.92 Å². The minimum atomic E-state index is -0.220. The van der Waals surface area contributed by atoms with Crippen LogP contribution in [0.4, 0.5) is 0 Å². The Morgan fingerprint density at radius 1 is 1.35 bits per heavy atom. The average molecular weight is 325 g/mol. The Labute approximate surface area is 131 Å². The monoisotopic (exact) mass is 324 g/mol. The number of ether oxygens (including phenoxy) is 1. The van der Waals surface area contributed by atoms with Crippen molar-refractivity contribution in [3.8, 4) is 0 Å². The normalized spacial score (nSPS) is 15.2. The Balaban J connectivity index is 0.00000361. The highest BCUT2D eigenvalue weighted by Gasteiger charge is 2.14. The fourth-order valence-electron chi connectivity index (χ4n) is 2.07. The molecule has 1 aliphatic rings. The highest BCUT2D eigenvalue weighted by Crippen LogP contribution is 2.17. The highest BCUT2D eigenvalue weighted by atomic mass is 35.5. The molecule has 7 heteroatoms. The number of carbonyl (C=O) groups is 2. The first-order valence-corrected chi connectivity index (χ1v) is 8.00. The van der Waals surface area contributed by atoms with Crippen LogP contribution in [0.25, 0.3) is 0 Å². The van der Waals surface area contributed by atoms with E-state index >= 15 is 0 Å². The minimum absolute atomic E-state index is 0. The molecule has 1 rings (SSSR count). The zero-order chi connectivity index (χ0) is 13.9. The van der Waals surface area contributed by atoms with Crippen LogP contribution in [0.5, 0.6) is 0 Å². The van der Waals surface area contributed by atoms with Crippen LogP contribution in [0.2, 0.25) is 0 Å². The zero-order valence-electron chi connectivity index (χ0n) is 12.0. The second kappa shape index (κ2) is 12.3. The van der Waals surface area contributed by atoms with Crippen molar-refractivity contribution in [2.45, 2.75) is 25.7 Å². The molecule has 0 atom stereocenters. The van der Waals surface area contributed by atoms with Gasteiger partial charge in [-0.1, -0.05) is 0 Å². The van der Waals surface area contributed by atoms with Gasteiger partial charge >= 0.3 is 5.97 Å². The number of hydrogen-bond donors (Lipinski definition) is 2. The zero-order valence-corrected chi connectivity index (χ0v) is 13.6. The standard InChI is InChI=1S/C13H24N2O3S.ClH/c1-18-13(17)10-19-9-8-15-12(16)3-2-11-4-6-14-7-5-11;/h11,14H,2-10H2,1H3,(H,15,16);1H. The van der Waals surface area contributed by atoms with E-state index in [1.165, 1.54) is 31.7 Å². The molecule has 0 spiro atoms. The summed E-state index contributed by atoms with van der Waals surface area (Å²) < 4.78 is 4.53. The van der Waals surface area contributed by atoms with Crippen molar-refractivity contribution in [1.29, 1.82) is 0 Å². The van der Waals surface area contributed by atoms with Crippen LogP contribution in [0.3, 0.4) is 0 Å². The number of piperidine rings is 1. The summed E-state index contributed by atoms with van der Waals surface area (Å²) in [6.45, 7) is 2.78. The molecule has 1 aliphatic heterocycles. The van der Waals surface area contributed by atoms with Crippen LogP contribution in [-0.2, 0) is 14.3 Å². The fraction of sp³-hybridized carbons (Fsp3) is 0.846. The van der Waals surface area contributed by atoms with Gasteiger partial charge in [0, 0.05) is 18.7 Å². The molecular formula is C13H25ClN2O3S. The van der Waals surface area contributed by atoms with Crippen LogP contribution in [0.1, 0.15) is 25.7 Å². The van der Waals surface area contributed by atoms with Crippen molar-refractivity contribution >= 4 is 36.0 Å².